The Bertz CT molecular complexity index is 524. The summed E-state index contributed by atoms with van der Waals surface area (Å²) in [6.45, 7) is 2.06. The maximum absolute atomic E-state index is 12.4. The van der Waals surface area contributed by atoms with Gasteiger partial charge < -0.3 is 0 Å². The van der Waals surface area contributed by atoms with Gasteiger partial charge in [-0.1, -0.05) is 36.8 Å². The van der Waals surface area contributed by atoms with Gasteiger partial charge in [-0.25, -0.2) is 0 Å². The highest BCUT2D eigenvalue weighted by Crippen LogP contribution is 2.29. The van der Waals surface area contributed by atoms with Gasteiger partial charge in [0.1, 0.15) is 0 Å². The average molecular weight is 280 g/mol. The van der Waals surface area contributed by atoms with Gasteiger partial charge in [0.15, 0.2) is 0 Å². The van der Waals surface area contributed by atoms with Crippen molar-refractivity contribution in [3.8, 4) is 0 Å². The molecule has 4 nitrogen and oxygen atoms in total. The normalized spacial score (nSPS) is 28.2. The Labute approximate surface area is 115 Å². The van der Waals surface area contributed by atoms with E-state index in [0.717, 1.165) is 25.7 Å². The van der Waals surface area contributed by atoms with Crippen LogP contribution in [0.4, 0.5) is 0 Å². The lowest BCUT2D eigenvalue weighted by atomic mass is 10.1. The Morgan fingerprint density at radius 2 is 1.74 bits per heavy atom. The van der Waals surface area contributed by atoms with Crippen molar-refractivity contribution in [2.45, 2.75) is 31.7 Å². The first-order chi connectivity index (χ1) is 9.18. The Kier molecular flexibility index (Phi) is 3.60. The highest BCUT2D eigenvalue weighted by Gasteiger charge is 2.46. The van der Waals surface area contributed by atoms with Gasteiger partial charge in [-0.2, -0.15) is 17.0 Å². The predicted molar refractivity (Wildman–Crippen MR) is 75.0 cm³/mol. The molecule has 1 aromatic carbocycles. The third-order valence-corrected chi connectivity index (χ3v) is 5.97. The minimum absolute atomic E-state index is 0.161. The fourth-order valence-electron chi connectivity index (χ4n) is 2.74. The average Bonchev–Trinajstić information content (AvgIpc) is 3.21. The summed E-state index contributed by atoms with van der Waals surface area (Å²) in [6.07, 6.45) is 3.97. The van der Waals surface area contributed by atoms with Crippen LogP contribution in [0, 0.1) is 0 Å². The van der Waals surface area contributed by atoms with Crippen LogP contribution in [-0.2, 0) is 16.6 Å². The van der Waals surface area contributed by atoms with Crippen LogP contribution in [0.1, 0.15) is 24.8 Å². The van der Waals surface area contributed by atoms with Crippen molar-refractivity contribution in [2.75, 3.05) is 19.6 Å². The zero-order chi connectivity index (χ0) is 13.3. The quantitative estimate of drug-likeness (QED) is 0.787. The highest BCUT2D eigenvalue weighted by atomic mass is 32.2. The molecule has 0 amide bonds. The lowest BCUT2D eigenvalue weighted by Gasteiger charge is -2.26. The second kappa shape index (κ2) is 5.23. The first kappa shape index (κ1) is 13.1. The van der Waals surface area contributed by atoms with Gasteiger partial charge in [0.05, 0.1) is 0 Å². The van der Waals surface area contributed by atoms with Crippen molar-refractivity contribution in [2.24, 2.45) is 0 Å². The molecule has 0 N–H and O–H groups in total. The molecule has 3 rings (SSSR count). The summed E-state index contributed by atoms with van der Waals surface area (Å²) in [6, 6.07) is 10.3. The molecule has 0 saturated carbocycles. The van der Waals surface area contributed by atoms with E-state index >= 15 is 0 Å². The number of nitrogens with zero attached hydrogens (tertiary/aromatic N) is 2. The van der Waals surface area contributed by atoms with Crippen molar-refractivity contribution >= 4 is 10.2 Å². The summed E-state index contributed by atoms with van der Waals surface area (Å²) in [5.41, 5.74) is 1.21. The van der Waals surface area contributed by atoms with E-state index in [0.29, 0.717) is 19.6 Å². The van der Waals surface area contributed by atoms with Crippen LogP contribution in [0.3, 0.4) is 0 Å². The smallest absolute Gasteiger partial charge is 0.195 e. The summed E-state index contributed by atoms with van der Waals surface area (Å²) in [5.74, 6) is 0. The molecule has 2 fully saturated rings. The zero-order valence-electron chi connectivity index (χ0n) is 11.0. The second-order valence-electron chi connectivity index (χ2n) is 5.38. The fraction of sp³-hybridized carbons (Fsp3) is 0.571. The van der Waals surface area contributed by atoms with Crippen molar-refractivity contribution < 1.29 is 8.42 Å². The molecule has 104 valence electrons. The maximum atomic E-state index is 12.4. The number of hydrogen-bond acceptors (Lipinski definition) is 2. The lowest BCUT2D eigenvalue weighted by Crippen LogP contribution is -2.40. The highest BCUT2D eigenvalue weighted by molar-refractivity contribution is 7.87. The van der Waals surface area contributed by atoms with Gasteiger partial charge in [-0.3, -0.25) is 0 Å². The number of benzene rings is 1. The van der Waals surface area contributed by atoms with E-state index < -0.39 is 10.2 Å². The van der Waals surface area contributed by atoms with E-state index in [1.54, 1.807) is 8.61 Å². The summed E-state index contributed by atoms with van der Waals surface area (Å²) < 4.78 is 28.1. The van der Waals surface area contributed by atoms with Gasteiger partial charge >= 0.3 is 0 Å². The van der Waals surface area contributed by atoms with Gasteiger partial charge in [0, 0.05) is 25.7 Å². The molecule has 2 atom stereocenters. The Hall–Kier alpha value is -0.910. The second-order valence-corrected chi connectivity index (χ2v) is 7.26. The number of hydrogen-bond donors (Lipinski definition) is 0. The van der Waals surface area contributed by atoms with E-state index in [1.807, 2.05) is 18.2 Å². The Morgan fingerprint density at radius 1 is 1.05 bits per heavy atom. The monoisotopic (exact) mass is 280 g/mol. The molecule has 2 saturated heterocycles. The summed E-state index contributed by atoms with van der Waals surface area (Å²) in [4.78, 5) is 0. The zero-order valence-corrected chi connectivity index (χ0v) is 11.8. The van der Waals surface area contributed by atoms with E-state index in [2.05, 4.69) is 12.1 Å². The molecular formula is C14H20N2O2S. The summed E-state index contributed by atoms with van der Waals surface area (Å²) in [5, 5.41) is 0. The molecule has 1 aromatic rings. The van der Waals surface area contributed by atoms with Crippen molar-refractivity contribution in [3.63, 3.8) is 0 Å². The van der Waals surface area contributed by atoms with Crippen LogP contribution in [0.15, 0.2) is 30.3 Å². The largest absolute Gasteiger partial charge is 0.282 e. The molecular weight excluding hydrogens is 260 g/mol. The molecule has 0 radical (unpaired) electrons. The molecule has 2 aliphatic rings. The van der Waals surface area contributed by atoms with Gasteiger partial charge in [0.25, 0.3) is 10.2 Å². The fourth-order valence-corrected chi connectivity index (χ4v) is 4.57. The third-order valence-electron chi connectivity index (χ3n) is 3.92. The van der Waals surface area contributed by atoms with Crippen LogP contribution in [0.5, 0.6) is 0 Å². The van der Waals surface area contributed by atoms with Crippen LogP contribution in [0.2, 0.25) is 0 Å². The van der Waals surface area contributed by atoms with Gasteiger partial charge in [0.2, 0.25) is 0 Å². The van der Waals surface area contributed by atoms with Crippen LogP contribution < -0.4 is 0 Å². The topological polar surface area (TPSA) is 40.4 Å². The van der Waals surface area contributed by atoms with Crippen molar-refractivity contribution in [1.29, 1.82) is 0 Å². The predicted octanol–water partition coefficient (Wildman–Crippen LogP) is 1.64. The molecule has 0 aliphatic carbocycles. The lowest BCUT2D eigenvalue weighted by molar-refractivity contribution is 0.332. The van der Waals surface area contributed by atoms with Crippen molar-refractivity contribution in [3.05, 3.63) is 35.9 Å². The van der Waals surface area contributed by atoms with Crippen LogP contribution in [0.25, 0.3) is 0 Å². The van der Waals surface area contributed by atoms with E-state index in [-0.39, 0.29) is 6.04 Å². The van der Waals surface area contributed by atoms with E-state index in [4.69, 9.17) is 0 Å². The van der Waals surface area contributed by atoms with E-state index in [1.165, 1.54) is 5.56 Å². The number of piperidine rings is 1. The SMILES string of the molecule is O=S(=O)(N1CCCCC1)N1CC1Cc1ccccc1. The summed E-state index contributed by atoms with van der Waals surface area (Å²) >= 11 is 0. The molecule has 0 bridgehead atoms. The van der Waals surface area contributed by atoms with Crippen molar-refractivity contribution in [1.82, 2.24) is 8.61 Å². The molecule has 0 aromatic heterocycles. The standard InChI is InChI=1S/C14H20N2O2S/c17-19(18,15-9-5-2-6-10-15)16-12-14(16)11-13-7-3-1-4-8-13/h1,3-4,7-8,14H,2,5-6,9-12H2. The van der Waals surface area contributed by atoms with Gasteiger partial charge in [-0.05, 0) is 24.8 Å². The first-order valence-electron chi connectivity index (χ1n) is 6.99. The molecule has 0 spiro atoms. The first-order valence-corrected chi connectivity index (χ1v) is 8.38. The van der Waals surface area contributed by atoms with E-state index in [9.17, 15) is 8.42 Å². The maximum Gasteiger partial charge on any atom is 0.282 e. The summed E-state index contributed by atoms with van der Waals surface area (Å²) in [7, 11) is -3.19. The molecule has 2 heterocycles. The minimum Gasteiger partial charge on any atom is -0.195 e. The van der Waals surface area contributed by atoms with Gasteiger partial charge in [-0.15, -0.1) is 0 Å². The third kappa shape index (κ3) is 2.83. The van der Waals surface area contributed by atoms with Crippen LogP contribution in [-0.4, -0.2) is 42.7 Å². The molecule has 2 aliphatic heterocycles. The molecule has 2 unspecified atom stereocenters. The Balaban J connectivity index is 1.62. The minimum atomic E-state index is -3.19. The molecule has 5 heteroatoms. The Morgan fingerprint density at radius 3 is 2.42 bits per heavy atom. The number of rotatable bonds is 4. The molecule has 19 heavy (non-hydrogen) atoms. The van der Waals surface area contributed by atoms with Crippen LogP contribution >= 0.6 is 0 Å².